The van der Waals surface area contributed by atoms with E-state index in [1.54, 1.807) is 0 Å². The Balaban J connectivity index is 2.32. The molecule has 3 aliphatic heterocycles. The van der Waals surface area contributed by atoms with Crippen LogP contribution in [0.25, 0.3) is 0 Å². The van der Waals surface area contributed by atoms with Gasteiger partial charge in [-0.25, -0.2) is 0 Å². The van der Waals surface area contributed by atoms with Crippen molar-refractivity contribution in [1.82, 2.24) is 10.6 Å². The van der Waals surface area contributed by atoms with Crippen molar-refractivity contribution in [2.24, 2.45) is 0 Å². The quantitative estimate of drug-likeness (QED) is 0.0519. The average Bonchev–Trinajstić information content (AvgIpc) is 3.20. The lowest BCUT2D eigenvalue weighted by Gasteiger charge is -2.51. The highest BCUT2D eigenvalue weighted by Crippen LogP contribution is 2.38. The predicted octanol–water partition coefficient (Wildman–Crippen LogP) is -0.347. The van der Waals surface area contributed by atoms with Gasteiger partial charge in [0.25, 0.3) is 3.79 Å². The summed E-state index contributed by atoms with van der Waals surface area (Å²) in [7, 11) is 0. The van der Waals surface area contributed by atoms with Crippen LogP contribution in [0, 0.1) is 5.41 Å². The number of alkyl halides is 3. The maximum Gasteiger partial charge on any atom is 0.303 e. The van der Waals surface area contributed by atoms with Crippen LogP contribution >= 0.6 is 34.8 Å². The third-order valence-corrected chi connectivity index (χ3v) is 10.1. The van der Waals surface area contributed by atoms with Gasteiger partial charge in [0.05, 0.1) is 0 Å². The van der Waals surface area contributed by atoms with Gasteiger partial charge in [-0.1, -0.05) is 34.8 Å². The molecular formula is C40H54Cl3N3O24. The van der Waals surface area contributed by atoms with Gasteiger partial charge in [0, 0.05) is 69.2 Å². The fraction of sp³-hybridized carbons (Fsp3) is 0.725. The number of nitrogens with one attached hydrogen (secondary N) is 3. The molecule has 3 heterocycles. The van der Waals surface area contributed by atoms with Gasteiger partial charge in [-0.3, -0.25) is 53.4 Å². The van der Waals surface area contributed by atoms with E-state index < -0.39 is 181 Å². The molecule has 0 aromatic heterocycles. The molecule has 27 nitrogen and oxygen atoms in total. The molecule has 0 radical (unpaired) electrons. The van der Waals surface area contributed by atoms with E-state index in [0.717, 1.165) is 69.2 Å². The molecule has 15 atom stereocenters. The molecule has 3 rings (SSSR count). The van der Waals surface area contributed by atoms with Gasteiger partial charge in [-0.05, 0) is 0 Å². The number of ether oxygens (including phenoxy) is 14. The largest absolute Gasteiger partial charge is 0.463 e. The van der Waals surface area contributed by atoms with Crippen molar-refractivity contribution in [1.29, 1.82) is 5.41 Å². The van der Waals surface area contributed by atoms with Gasteiger partial charge in [-0.15, -0.1) is 0 Å². The van der Waals surface area contributed by atoms with Crippen molar-refractivity contribution in [2.45, 2.75) is 165 Å². The van der Waals surface area contributed by atoms with Gasteiger partial charge in [0.1, 0.15) is 62.4 Å². The third-order valence-electron chi connectivity index (χ3n) is 9.56. The Morgan fingerprint density at radius 3 is 1.06 bits per heavy atom. The van der Waals surface area contributed by atoms with Crippen LogP contribution in [0.3, 0.4) is 0 Å². The zero-order valence-electron chi connectivity index (χ0n) is 39.2. The summed E-state index contributed by atoms with van der Waals surface area (Å²) in [5, 5.41) is 13.2. The number of carbonyl (C=O) groups excluding carboxylic acids is 10. The maximum atomic E-state index is 13.1. The van der Waals surface area contributed by atoms with Crippen LogP contribution in [0.4, 0.5) is 0 Å². The van der Waals surface area contributed by atoms with E-state index in [1.807, 2.05) is 0 Å². The number of halogens is 3. The van der Waals surface area contributed by atoms with Crippen LogP contribution in [0.2, 0.25) is 0 Å². The zero-order chi connectivity index (χ0) is 52.9. The molecule has 0 aromatic carbocycles. The van der Waals surface area contributed by atoms with Gasteiger partial charge in [0.15, 0.2) is 37.0 Å². The molecule has 0 unspecified atom stereocenters. The molecule has 394 valence electrons. The summed E-state index contributed by atoms with van der Waals surface area (Å²) in [5.74, 6) is -10.3. The lowest BCUT2D eigenvalue weighted by molar-refractivity contribution is -0.358. The third kappa shape index (κ3) is 17.9. The van der Waals surface area contributed by atoms with Crippen LogP contribution in [0.5, 0.6) is 0 Å². The second-order valence-electron chi connectivity index (χ2n) is 15.5. The first-order valence-electron chi connectivity index (χ1n) is 20.9. The maximum absolute atomic E-state index is 13.1. The van der Waals surface area contributed by atoms with Crippen molar-refractivity contribution in [3.63, 3.8) is 0 Å². The Morgan fingerprint density at radius 2 is 0.714 bits per heavy atom. The second kappa shape index (κ2) is 26.3. The van der Waals surface area contributed by atoms with Gasteiger partial charge >= 0.3 is 47.8 Å². The summed E-state index contributed by atoms with van der Waals surface area (Å²) in [6.07, 6.45) is -23.2. The predicted molar refractivity (Wildman–Crippen MR) is 228 cm³/mol. The van der Waals surface area contributed by atoms with Gasteiger partial charge in [-0.2, -0.15) is 0 Å². The van der Waals surface area contributed by atoms with E-state index in [0.29, 0.717) is 0 Å². The Labute approximate surface area is 414 Å². The first-order valence-corrected chi connectivity index (χ1v) is 22.0. The molecule has 3 N–H and O–H groups in total. The molecule has 3 saturated heterocycles. The van der Waals surface area contributed by atoms with Crippen molar-refractivity contribution < 1.29 is 114 Å². The van der Waals surface area contributed by atoms with E-state index >= 15 is 0 Å². The Bertz CT molecular complexity index is 1970. The SMILES string of the molecule is CC(=O)N[C@H]1[C@H](O[C@H]2[C@H](OC(C)=O)[C@@H](NC(C)=O)[C@H](O[C@H]3[C@H](OC(C)=O)[C@@H](OC(C)=O)[C@@H](OC(=N)C(Cl)(Cl)Cl)O[C@@H]3COC(C)=O)O[C@@H]2COC(C)=O)O[C@H](COC(C)=O)[C@@H](OC(C)=O)[C@@H]1OC(C)=O. The normalized spacial score (nSPS) is 30.7. The van der Waals surface area contributed by atoms with Crippen LogP contribution in [0.1, 0.15) is 69.2 Å². The van der Waals surface area contributed by atoms with Gasteiger partial charge in [0.2, 0.25) is 30.1 Å². The highest BCUT2D eigenvalue weighted by molar-refractivity contribution is 6.76. The Kier molecular flexibility index (Phi) is 22.3. The topological polar surface area (TPSA) is 348 Å². The van der Waals surface area contributed by atoms with Crippen molar-refractivity contribution >= 4 is 100 Å². The molecule has 70 heavy (non-hydrogen) atoms. The molecule has 3 fully saturated rings. The minimum absolute atomic E-state index is 0.666. The smallest absolute Gasteiger partial charge is 0.303 e. The fourth-order valence-electron chi connectivity index (χ4n) is 7.25. The molecule has 0 saturated carbocycles. The number of hydrogen-bond acceptors (Lipinski definition) is 25. The molecule has 0 bridgehead atoms. The van der Waals surface area contributed by atoms with Crippen LogP contribution in [-0.2, 0) is 114 Å². The van der Waals surface area contributed by atoms with E-state index in [2.05, 4.69) is 10.6 Å². The average molecular weight is 1070 g/mol. The van der Waals surface area contributed by atoms with E-state index in [1.165, 1.54) is 0 Å². The molecule has 0 spiro atoms. The number of carbonyl (C=O) groups is 10. The highest BCUT2D eigenvalue weighted by Gasteiger charge is 2.59. The fourth-order valence-corrected chi connectivity index (χ4v) is 7.38. The Hall–Kier alpha value is -5.16. The van der Waals surface area contributed by atoms with Crippen molar-refractivity contribution in [2.75, 3.05) is 19.8 Å². The molecule has 0 aromatic rings. The Morgan fingerprint density at radius 1 is 0.414 bits per heavy atom. The highest BCUT2D eigenvalue weighted by atomic mass is 35.6. The monoisotopic (exact) mass is 1070 g/mol. The first kappa shape index (κ1) is 59.2. The summed E-state index contributed by atoms with van der Waals surface area (Å²) >= 11 is 17.6. The van der Waals surface area contributed by atoms with E-state index in [9.17, 15) is 47.9 Å². The van der Waals surface area contributed by atoms with Crippen LogP contribution in [0.15, 0.2) is 0 Å². The minimum atomic E-state index is -2.53. The lowest BCUT2D eigenvalue weighted by Crippen LogP contribution is -2.71. The van der Waals surface area contributed by atoms with Crippen LogP contribution < -0.4 is 10.6 Å². The summed E-state index contributed by atoms with van der Waals surface area (Å²) in [6, 6.07) is -3.38. The molecule has 0 aliphatic carbocycles. The summed E-state index contributed by atoms with van der Waals surface area (Å²) in [6.45, 7) is 7.82. The first-order chi connectivity index (χ1) is 32.5. The summed E-state index contributed by atoms with van der Waals surface area (Å²) in [5.41, 5.74) is 0. The lowest BCUT2D eigenvalue weighted by atomic mass is 9.93. The molecule has 30 heteroatoms. The standard InChI is InChI=1S/C40H54Cl3N3O24/c1-14(47)45-27-32(61-20(7)53)29(60-19(6)52)24(11-57-16(3)49)65-36(27)68-30-25(12-58-17(4)50)66-37(28(46-15(2)48)33(30)62-21(8)54)69-31-26(13-59-18(5)51)67-38(70-39(44)40(41,42)43)35(64-23(10)56)34(31)63-22(9)55/h24-38,44H,11-13H2,1-10H3,(H,45,47)(H,46,48)/t24-,25-,26-,27-,28-,29-,30-,31-,32-,33-,34+,35-,36+,37+,38-/m1/s1. The van der Waals surface area contributed by atoms with Crippen molar-refractivity contribution in [3.8, 4) is 0 Å². The number of esters is 8. The summed E-state index contributed by atoms with van der Waals surface area (Å²) < 4.78 is 77.9. The van der Waals surface area contributed by atoms with Crippen LogP contribution in [-0.4, -0.2) is 181 Å². The number of amides is 2. The molecular weight excluding hydrogens is 1010 g/mol. The number of rotatable bonds is 18. The van der Waals surface area contributed by atoms with E-state index in [-0.39, 0.29) is 0 Å². The van der Waals surface area contributed by atoms with Crippen molar-refractivity contribution in [3.05, 3.63) is 0 Å². The summed E-state index contributed by atoms with van der Waals surface area (Å²) in [4.78, 5) is 126. The molecule has 3 aliphatic rings. The van der Waals surface area contributed by atoms with Gasteiger partial charge < -0.3 is 76.9 Å². The number of hydrogen-bond donors (Lipinski definition) is 3. The zero-order valence-corrected chi connectivity index (χ0v) is 41.5. The van der Waals surface area contributed by atoms with E-state index in [4.69, 9.17) is 107 Å². The minimum Gasteiger partial charge on any atom is -0.463 e. The second-order valence-corrected chi connectivity index (χ2v) is 17.8. The molecule has 2 amide bonds.